The van der Waals surface area contributed by atoms with E-state index < -0.39 is 8.40 Å². The van der Waals surface area contributed by atoms with Gasteiger partial charge in [-0.05, 0) is 38.8 Å². The van der Waals surface area contributed by atoms with Crippen LogP contribution in [0.25, 0.3) is 0 Å². The Hall–Kier alpha value is 0.137. The van der Waals surface area contributed by atoms with Crippen LogP contribution in [0.2, 0.25) is 10.6 Å². The summed E-state index contributed by atoms with van der Waals surface area (Å²) in [4.78, 5) is 0. The lowest BCUT2D eigenvalue weighted by Gasteiger charge is -2.56. The van der Waals surface area contributed by atoms with Crippen LogP contribution >= 0.6 is 0 Å². The molecule has 0 N–H and O–H groups in total. The van der Waals surface area contributed by atoms with Crippen LogP contribution < -0.4 is 0 Å². The molecule has 1 aliphatic carbocycles. The summed E-state index contributed by atoms with van der Waals surface area (Å²) >= 11 is 0. The van der Waals surface area contributed by atoms with Crippen LogP contribution in [0.1, 0.15) is 52.9 Å². The maximum atomic E-state index is 2.60. The Labute approximate surface area is 110 Å². The highest BCUT2D eigenvalue weighted by Gasteiger charge is 2.54. The lowest BCUT2D eigenvalue weighted by atomic mass is 10.0. The molecule has 0 unspecified atom stereocenters. The van der Waals surface area contributed by atoms with Crippen LogP contribution in [0.3, 0.4) is 0 Å². The number of rotatable bonds is 3. The van der Waals surface area contributed by atoms with Gasteiger partial charge in [-0.25, -0.2) is 0 Å². The quantitative estimate of drug-likeness (QED) is 0.711. The molecule has 0 aromatic rings. The fourth-order valence-electron chi connectivity index (χ4n) is 4.59. The van der Waals surface area contributed by atoms with Gasteiger partial charge in [0.2, 0.25) is 8.40 Å². The van der Waals surface area contributed by atoms with E-state index in [-0.39, 0.29) is 0 Å². The molecule has 0 radical (unpaired) electrons. The zero-order chi connectivity index (χ0) is 13.3. The zero-order valence-corrected chi connectivity index (χ0v) is 14.0. The SMILES string of the molecule is CN(C)[Si](C1CCCCC1)(N(C)C)C(C)(C)C. The van der Waals surface area contributed by atoms with Crippen molar-refractivity contribution >= 4 is 8.40 Å². The second-order valence-electron chi connectivity index (χ2n) is 7.10. The van der Waals surface area contributed by atoms with Gasteiger partial charge in [-0.1, -0.05) is 52.9 Å². The minimum absolute atomic E-state index is 0.405. The summed E-state index contributed by atoms with van der Waals surface area (Å²) in [6, 6.07) is 0. The molecular weight excluding hydrogens is 224 g/mol. The van der Waals surface area contributed by atoms with Gasteiger partial charge in [0.1, 0.15) is 0 Å². The average Bonchev–Trinajstić information content (AvgIpc) is 2.16. The standard InChI is InChI=1S/C14H32N2Si/c1-14(2,3)17(15(4)5,16(6)7)13-11-9-8-10-12-13/h13H,8-12H2,1-7H3. The predicted octanol–water partition coefficient (Wildman–Crippen LogP) is 3.69. The summed E-state index contributed by atoms with van der Waals surface area (Å²) < 4.78 is 5.20. The third-order valence-corrected chi connectivity index (χ3v) is 11.3. The van der Waals surface area contributed by atoms with Crippen LogP contribution in [0.15, 0.2) is 0 Å². The Morgan fingerprint density at radius 1 is 0.824 bits per heavy atom. The van der Waals surface area contributed by atoms with Crippen molar-refractivity contribution in [1.82, 2.24) is 9.13 Å². The minimum atomic E-state index is -1.58. The smallest absolute Gasteiger partial charge is 0.214 e. The van der Waals surface area contributed by atoms with E-state index in [0.717, 1.165) is 5.54 Å². The molecule has 102 valence electrons. The molecule has 17 heavy (non-hydrogen) atoms. The number of nitrogens with zero attached hydrogens (tertiary/aromatic N) is 2. The van der Waals surface area contributed by atoms with E-state index in [4.69, 9.17) is 0 Å². The van der Waals surface area contributed by atoms with Crippen molar-refractivity contribution in [2.45, 2.75) is 63.5 Å². The first kappa shape index (κ1) is 15.2. The molecule has 0 amide bonds. The first-order valence-corrected chi connectivity index (χ1v) is 9.06. The van der Waals surface area contributed by atoms with Crippen LogP contribution in [-0.2, 0) is 0 Å². The summed E-state index contributed by atoms with van der Waals surface area (Å²) in [6.45, 7) is 7.36. The summed E-state index contributed by atoms with van der Waals surface area (Å²) in [5, 5.41) is 0.405. The molecule has 0 spiro atoms. The summed E-state index contributed by atoms with van der Waals surface area (Å²) in [5.41, 5.74) is 0.932. The molecule has 1 saturated carbocycles. The van der Waals surface area contributed by atoms with E-state index in [9.17, 15) is 0 Å². The van der Waals surface area contributed by atoms with Crippen molar-refractivity contribution in [2.24, 2.45) is 0 Å². The van der Waals surface area contributed by atoms with Gasteiger partial charge >= 0.3 is 0 Å². The summed E-state index contributed by atoms with van der Waals surface area (Å²) in [6.07, 6.45) is 7.22. The second kappa shape index (κ2) is 5.41. The van der Waals surface area contributed by atoms with Crippen molar-refractivity contribution in [3.63, 3.8) is 0 Å². The van der Waals surface area contributed by atoms with E-state index in [1.165, 1.54) is 32.1 Å². The third-order valence-electron chi connectivity index (χ3n) is 4.64. The summed E-state index contributed by atoms with van der Waals surface area (Å²) in [5.74, 6) is 0. The highest BCUT2D eigenvalue weighted by Crippen LogP contribution is 2.50. The van der Waals surface area contributed by atoms with Crippen molar-refractivity contribution in [3.8, 4) is 0 Å². The second-order valence-corrected chi connectivity index (χ2v) is 12.7. The normalized spacial score (nSPS) is 20.3. The Kier molecular flexibility index (Phi) is 4.84. The maximum absolute atomic E-state index is 2.60. The molecule has 0 saturated heterocycles. The molecule has 1 fully saturated rings. The molecule has 0 heterocycles. The predicted molar refractivity (Wildman–Crippen MR) is 79.7 cm³/mol. The van der Waals surface area contributed by atoms with Gasteiger partial charge in [0.05, 0.1) is 0 Å². The van der Waals surface area contributed by atoms with Crippen LogP contribution in [0.4, 0.5) is 0 Å². The number of hydrogen-bond acceptors (Lipinski definition) is 2. The van der Waals surface area contributed by atoms with Crippen LogP contribution in [-0.4, -0.2) is 45.7 Å². The van der Waals surface area contributed by atoms with E-state index in [0.29, 0.717) is 5.04 Å². The monoisotopic (exact) mass is 256 g/mol. The van der Waals surface area contributed by atoms with Gasteiger partial charge in [-0.3, -0.25) is 0 Å². The molecule has 0 atom stereocenters. The van der Waals surface area contributed by atoms with Gasteiger partial charge in [0.15, 0.2) is 0 Å². The highest BCUT2D eigenvalue weighted by atomic mass is 28.4. The number of hydrogen-bond donors (Lipinski definition) is 0. The highest BCUT2D eigenvalue weighted by molar-refractivity contribution is 6.78. The molecule has 2 nitrogen and oxygen atoms in total. The molecule has 0 aromatic carbocycles. The molecule has 0 bridgehead atoms. The fourth-order valence-corrected chi connectivity index (χ4v) is 12.0. The van der Waals surface area contributed by atoms with Gasteiger partial charge in [-0.2, -0.15) is 0 Å². The molecular formula is C14H32N2Si. The molecule has 1 rings (SSSR count). The van der Waals surface area contributed by atoms with Crippen molar-refractivity contribution < 1.29 is 0 Å². The maximum Gasteiger partial charge on any atom is 0.214 e. The Morgan fingerprint density at radius 3 is 1.53 bits per heavy atom. The average molecular weight is 257 g/mol. The van der Waals surface area contributed by atoms with Crippen LogP contribution in [0.5, 0.6) is 0 Å². The lowest BCUT2D eigenvalue weighted by Crippen LogP contribution is -2.69. The Bertz CT molecular complexity index is 229. The fraction of sp³-hybridized carbons (Fsp3) is 1.00. The largest absolute Gasteiger partial charge is 0.317 e. The molecule has 0 aromatic heterocycles. The molecule has 3 heteroatoms. The van der Waals surface area contributed by atoms with E-state index in [2.05, 4.69) is 58.1 Å². The Morgan fingerprint density at radius 2 is 1.24 bits per heavy atom. The first-order valence-electron chi connectivity index (χ1n) is 7.09. The minimum Gasteiger partial charge on any atom is -0.317 e. The summed E-state index contributed by atoms with van der Waals surface area (Å²) in [7, 11) is 7.66. The zero-order valence-electron chi connectivity index (χ0n) is 13.0. The van der Waals surface area contributed by atoms with Gasteiger partial charge < -0.3 is 9.13 Å². The first-order chi connectivity index (χ1) is 7.74. The van der Waals surface area contributed by atoms with Gasteiger partial charge in [0.25, 0.3) is 0 Å². The van der Waals surface area contributed by atoms with Crippen LogP contribution in [0, 0.1) is 0 Å². The van der Waals surface area contributed by atoms with Gasteiger partial charge in [0, 0.05) is 0 Å². The molecule has 0 aliphatic heterocycles. The van der Waals surface area contributed by atoms with E-state index in [1.54, 1.807) is 0 Å². The van der Waals surface area contributed by atoms with Crippen molar-refractivity contribution in [1.29, 1.82) is 0 Å². The van der Waals surface area contributed by atoms with Crippen molar-refractivity contribution in [3.05, 3.63) is 0 Å². The molecule has 1 aliphatic rings. The lowest BCUT2D eigenvalue weighted by molar-refractivity contribution is 0.360. The topological polar surface area (TPSA) is 6.48 Å². The van der Waals surface area contributed by atoms with Crippen molar-refractivity contribution in [2.75, 3.05) is 28.2 Å². The Balaban J connectivity index is 3.14. The van der Waals surface area contributed by atoms with E-state index >= 15 is 0 Å². The third kappa shape index (κ3) is 2.61. The van der Waals surface area contributed by atoms with Gasteiger partial charge in [-0.15, -0.1) is 0 Å². The van der Waals surface area contributed by atoms with E-state index in [1.807, 2.05) is 0 Å².